The van der Waals surface area contributed by atoms with Gasteiger partial charge >= 0.3 is 0 Å². The Morgan fingerprint density at radius 1 is 1.46 bits per heavy atom. The highest BCUT2D eigenvalue weighted by atomic mass is 35.5. The Morgan fingerprint density at radius 3 is 2.79 bits per heavy atom. The number of nitrogens with one attached hydrogen (secondary N) is 1. The smallest absolute Gasteiger partial charge is 0.227 e. The topological polar surface area (TPSA) is 61.9 Å². The minimum atomic E-state index is -0.297. The van der Waals surface area contributed by atoms with Crippen molar-refractivity contribution in [3.05, 3.63) is 23.8 Å². The predicted molar refractivity (Wildman–Crippen MR) is 97.0 cm³/mol. The second kappa shape index (κ2) is 8.89. The first-order valence-corrected chi connectivity index (χ1v) is 7.82. The summed E-state index contributed by atoms with van der Waals surface area (Å²) in [6.45, 7) is 3.74. The number of anilines is 1. The standard InChI is InChI=1S/C17H25N3O3.ClH/c1-12-5-6-15(23-4)14(9-12)20-11-13(10-16(20)21)17(22)19(3)8-7-18-2;/h5-6,9,13,18H,7-8,10-11H2,1-4H3;1H. The molecular formula is C17H26ClN3O3. The van der Waals surface area contributed by atoms with E-state index >= 15 is 0 Å². The van der Waals surface area contributed by atoms with E-state index in [2.05, 4.69) is 5.32 Å². The van der Waals surface area contributed by atoms with Crippen LogP contribution >= 0.6 is 12.4 Å². The molecule has 6 nitrogen and oxygen atoms in total. The Labute approximate surface area is 149 Å². The van der Waals surface area contributed by atoms with Crippen molar-refractivity contribution in [2.45, 2.75) is 13.3 Å². The van der Waals surface area contributed by atoms with Gasteiger partial charge in [-0.25, -0.2) is 0 Å². The van der Waals surface area contributed by atoms with Crippen LogP contribution in [0.15, 0.2) is 18.2 Å². The van der Waals surface area contributed by atoms with Gasteiger partial charge in [0.05, 0.1) is 18.7 Å². The second-order valence-electron chi connectivity index (χ2n) is 5.94. The molecule has 0 aliphatic carbocycles. The lowest BCUT2D eigenvalue weighted by atomic mass is 10.1. The molecule has 2 rings (SSSR count). The zero-order chi connectivity index (χ0) is 17.0. The molecule has 0 bridgehead atoms. The van der Waals surface area contributed by atoms with Crippen molar-refractivity contribution in [1.29, 1.82) is 0 Å². The van der Waals surface area contributed by atoms with Crippen molar-refractivity contribution in [3.63, 3.8) is 0 Å². The van der Waals surface area contributed by atoms with Crippen LogP contribution in [0.5, 0.6) is 5.75 Å². The molecule has 1 aromatic carbocycles. The summed E-state index contributed by atoms with van der Waals surface area (Å²) in [5, 5.41) is 3.02. The molecule has 1 unspecified atom stereocenters. The molecule has 1 saturated heterocycles. The van der Waals surface area contributed by atoms with E-state index in [9.17, 15) is 9.59 Å². The number of benzene rings is 1. The normalized spacial score (nSPS) is 16.8. The van der Waals surface area contributed by atoms with Gasteiger partial charge in [0.15, 0.2) is 0 Å². The number of nitrogens with zero attached hydrogens (tertiary/aromatic N) is 2. The third-order valence-electron chi connectivity index (χ3n) is 4.17. The van der Waals surface area contributed by atoms with Crippen LogP contribution in [0.25, 0.3) is 0 Å². The molecule has 0 radical (unpaired) electrons. The van der Waals surface area contributed by atoms with Crippen LogP contribution in [0.2, 0.25) is 0 Å². The first-order valence-electron chi connectivity index (χ1n) is 7.82. The van der Waals surface area contributed by atoms with Crippen LogP contribution in [0, 0.1) is 12.8 Å². The molecule has 1 atom stereocenters. The number of hydrogen-bond donors (Lipinski definition) is 1. The number of aryl methyl sites for hydroxylation is 1. The maximum absolute atomic E-state index is 12.5. The summed E-state index contributed by atoms with van der Waals surface area (Å²) in [5.41, 5.74) is 1.79. The van der Waals surface area contributed by atoms with Gasteiger partial charge in [-0.3, -0.25) is 9.59 Å². The molecule has 24 heavy (non-hydrogen) atoms. The molecule has 1 fully saturated rings. The van der Waals surface area contributed by atoms with E-state index < -0.39 is 0 Å². The molecule has 0 aromatic heterocycles. The molecular weight excluding hydrogens is 330 g/mol. The summed E-state index contributed by atoms with van der Waals surface area (Å²) in [5.74, 6) is 0.340. The monoisotopic (exact) mass is 355 g/mol. The first kappa shape index (κ1) is 20.3. The number of likely N-dealkylation sites (N-methyl/N-ethyl adjacent to an activating group) is 2. The van der Waals surface area contributed by atoms with Crippen molar-refractivity contribution in [2.24, 2.45) is 5.92 Å². The molecule has 134 valence electrons. The lowest BCUT2D eigenvalue weighted by molar-refractivity contribution is -0.134. The van der Waals surface area contributed by atoms with Crippen molar-refractivity contribution >= 4 is 29.9 Å². The van der Waals surface area contributed by atoms with E-state index in [1.54, 1.807) is 24.0 Å². The Bertz CT molecular complexity index is 594. The third kappa shape index (κ3) is 4.39. The quantitative estimate of drug-likeness (QED) is 0.839. The Balaban J connectivity index is 0.00000288. The molecule has 1 aliphatic rings. The van der Waals surface area contributed by atoms with E-state index in [1.807, 2.05) is 32.2 Å². The van der Waals surface area contributed by atoms with Gasteiger partial charge in [-0.15, -0.1) is 12.4 Å². The molecule has 0 spiro atoms. The van der Waals surface area contributed by atoms with Gasteiger partial charge in [0.25, 0.3) is 0 Å². The maximum atomic E-state index is 12.5. The third-order valence-corrected chi connectivity index (χ3v) is 4.17. The zero-order valence-corrected chi connectivity index (χ0v) is 15.5. The number of methoxy groups -OCH3 is 1. The fraction of sp³-hybridized carbons (Fsp3) is 0.529. The van der Waals surface area contributed by atoms with E-state index in [4.69, 9.17) is 4.74 Å². The average molecular weight is 356 g/mol. The fourth-order valence-electron chi connectivity index (χ4n) is 2.82. The predicted octanol–water partition coefficient (Wildman–Crippen LogP) is 1.46. The lowest BCUT2D eigenvalue weighted by Gasteiger charge is -2.22. The van der Waals surface area contributed by atoms with E-state index in [0.29, 0.717) is 18.8 Å². The minimum Gasteiger partial charge on any atom is -0.495 e. The Kier molecular flexibility index (Phi) is 7.51. The van der Waals surface area contributed by atoms with Crippen LogP contribution in [0.3, 0.4) is 0 Å². The molecule has 1 N–H and O–H groups in total. The minimum absolute atomic E-state index is 0. The average Bonchev–Trinajstić information content (AvgIpc) is 2.93. The van der Waals surface area contributed by atoms with Gasteiger partial charge in [-0.1, -0.05) is 6.07 Å². The van der Waals surface area contributed by atoms with Crippen LogP contribution in [-0.4, -0.2) is 57.6 Å². The highest BCUT2D eigenvalue weighted by molar-refractivity contribution is 6.01. The lowest BCUT2D eigenvalue weighted by Crippen LogP contribution is -2.38. The van der Waals surface area contributed by atoms with Crippen LogP contribution < -0.4 is 15.0 Å². The van der Waals surface area contributed by atoms with Crippen molar-refractivity contribution in [1.82, 2.24) is 10.2 Å². The SMILES string of the molecule is CNCCN(C)C(=O)C1CC(=O)N(c2cc(C)ccc2OC)C1.Cl. The van der Waals surface area contributed by atoms with Crippen molar-refractivity contribution in [2.75, 3.05) is 45.7 Å². The fourth-order valence-corrected chi connectivity index (χ4v) is 2.82. The summed E-state index contributed by atoms with van der Waals surface area (Å²) in [4.78, 5) is 28.2. The summed E-state index contributed by atoms with van der Waals surface area (Å²) in [6, 6.07) is 5.72. The summed E-state index contributed by atoms with van der Waals surface area (Å²) < 4.78 is 5.36. The Hall–Kier alpha value is -1.79. The molecule has 2 amide bonds. The summed E-state index contributed by atoms with van der Waals surface area (Å²) in [7, 11) is 5.21. The van der Waals surface area contributed by atoms with Crippen molar-refractivity contribution < 1.29 is 14.3 Å². The van der Waals surface area contributed by atoms with E-state index in [1.165, 1.54) is 0 Å². The van der Waals surface area contributed by atoms with E-state index in [-0.39, 0.29) is 36.6 Å². The van der Waals surface area contributed by atoms with Crippen LogP contribution in [-0.2, 0) is 9.59 Å². The number of ether oxygens (including phenoxy) is 1. The zero-order valence-electron chi connectivity index (χ0n) is 14.7. The number of halogens is 1. The molecule has 1 aliphatic heterocycles. The van der Waals surface area contributed by atoms with Gasteiger partial charge in [-0.2, -0.15) is 0 Å². The van der Waals surface area contributed by atoms with E-state index in [0.717, 1.165) is 17.8 Å². The van der Waals surface area contributed by atoms with Gasteiger partial charge in [0.1, 0.15) is 5.75 Å². The highest BCUT2D eigenvalue weighted by Crippen LogP contribution is 2.34. The maximum Gasteiger partial charge on any atom is 0.227 e. The number of hydrogen-bond acceptors (Lipinski definition) is 4. The largest absolute Gasteiger partial charge is 0.495 e. The van der Waals surface area contributed by atoms with Crippen LogP contribution in [0.1, 0.15) is 12.0 Å². The molecule has 1 heterocycles. The summed E-state index contributed by atoms with van der Waals surface area (Å²) in [6.07, 6.45) is 0.250. The molecule has 1 aromatic rings. The summed E-state index contributed by atoms with van der Waals surface area (Å²) >= 11 is 0. The number of amides is 2. The van der Waals surface area contributed by atoms with Crippen molar-refractivity contribution in [3.8, 4) is 5.75 Å². The number of carbonyl (C=O) groups excluding carboxylic acids is 2. The van der Waals surface area contributed by atoms with Gasteiger partial charge in [0.2, 0.25) is 11.8 Å². The second-order valence-corrected chi connectivity index (χ2v) is 5.94. The van der Waals surface area contributed by atoms with Gasteiger partial charge in [0, 0.05) is 33.1 Å². The van der Waals surface area contributed by atoms with Gasteiger partial charge in [-0.05, 0) is 31.7 Å². The number of carbonyl (C=O) groups is 2. The number of rotatable bonds is 6. The first-order chi connectivity index (χ1) is 11.0. The Morgan fingerprint density at radius 2 is 2.17 bits per heavy atom. The molecule has 7 heteroatoms. The molecule has 0 saturated carbocycles. The van der Waals surface area contributed by atoms with Gasteiger partial charge < -0.3 is 19.9 Å². The highest BCUT2D eigenvalue weighted by Gasteiger charge is 2.37. The van der Waals surface area contributed by atoms with Crippen LogP contribution in [0.4, 0.5) is 5.69 Å².